The third kappa shape index (κ3) is 3.85. The van der Waals surface area contributed by atoms with Crippen LogP contribution in [0.25, 0.3) is 0 Å². The first-order valence-corrected chi connectivity index (χ1v) is 6.71. The molecule has 110 valence electrons. The molecule has 0 aliphatic carbocycles. The van der Waals surface area contributed by atoms with Crippen molar-refractivity contribution in [1.82, 2.24) is 5.32 Å². The Balaban J connectivity index is 1.88. The van der Waals surface area contributed by atoms with Gasteiger partial charge in [-0.25, -0.2) is 0 Å². The first-order chi connectivity index (χ1) is 9.56. The zero-order chi connectivity index (χ0) is 14.5. The molecule has 0 saturated carbocycles. The van der Waals surface area contributed by atoms with Gasteiger partial charge in [0.05, 0.1) is 6.04 Å². The standard InChI is InChI=1S/C14H20N2O4/c15-11(7-9-1-2-12(17)13(18)8-9)14(19)16-10-3-5-20-6-4-10/h1-2,8,10-11,17-18H,3-7,15H2,(H,16,19)/t11-/m0/s1. The number of hydrogen-bond donors (Lipinski definition) is 4. The van der Waals surface area contributed by atoms with Crippen LogP contribution < -0.4 is 11.1 Å². The molecule has 1 aliphatic rings. The number of carbonyl (C=O) groups excluding carboxylic acids is 1. The van der Waals surface area contributed by atoms with E-state index in [1.54, 1.807) is 6.07 Å². The number of benzene rings is 1. The predicted molar refractivity (Wildman–Crippen MR) is 73.4 cm³/mol. The van der Waals surface area contributed by atoms with Gasteiger partial charge >= 0.3 is 0 Å². The highest BCUT2D eigenvalue weighted by molar-refractivity contribution is 5.82. The monoisotopic (exact) mass is 280 g/mol. The molecule has 6 nitrogen and oxygen atoms in total. The minimum atomic E-state index is -0.679. The van der Waals surface area contributed by atoms with E-state index < -0.39 is 6.04 Å². The van der Waals surface area contributed by atoms with E-state index in [9.17, 15) is 15.0 Å². The molecule has 6 heteroatoms. The number of phenolic OH excluding ortho intramolecular Hbond substituents is 2. The van der Waals surface area contributed by atoms with Crippen LogP contribution in [-0.2, 0) is 16.0 Å². The van der Waals surface area contributed by atoms with Gasteiger partial charge in [-0.2, -0.15) is 0 Å². The lowest BCUT2D eigenvalue weighted by molar-refractivity contribution is -0.123. The first-order valence-electron chi connectivity index (χ1n) is 6.71. The van der Waals surface area contributed by atoms with Crippen molar-refractivity contribution >= 4 is 5.91 Å². The van der Waals surface area contributed by atoms with Gasteiger partial charge in [0.15, 0.2) is 11.5 Å². The Morgan fingerprint density at radius 2 is 2.05 bits per heavy atom. The molecule has 2 rings (SSSR count). The molecule has 0 radical (unpaired) electrons. The summed E-state index contributed by atoms with van der Waals surface area (Å²) in [5.41, 5.74) is 6.57. The second-order valence-corrected chi connectivity index (χ2v) is 5.03. The highest BCUT2D eigenvalue weighted by Crippen LogP contribution is 2.25. The van der Waals surface area contributed by atoms with E-state index in [4.69, 9.17) is 10.5 Å². The maximum Gasteiger partial charge on any atom is 0.237 e. The summed E-state index contributed by atoms with van der Waals surface area (Å²) >= 11 is 0. The molecule has 1 saturated heterocycles. The van der Waals surface area contributed by atoms with E-state index in [1.807, 2.05) is 0 Å². The second-order valence-electron chi connectivity index (χ2n) is 5.03. The SMILES string of the molecule is N[C@@H](Cc1ccc(O)c(O)c1)C(=O)NC1CCOCC1. The molecule has 1 atom stereocenters. The lowest BCUT2D eigenvalue weighted by atomic mass is 10.0. The van der Waals surface area contributed by atoms with Gasteiger partial charge in [-0.05, 0) is 37.0 Å². The van der Waals surface area contributed by atoms with E-state index >= 15 is 0 Å². The molecule has 1 aromatic rings. The predicted octanol–water partition coefficient (Wildman–Crippen LogP) is 0.263. The van der Waals surface area contributed by atoms with Gasteiger partial charge in [0.1, 0.15) is 0 Å². The quantitative estimate of drug-likeness (QED) is 0.592. The van der Waals surface area contributed by atoms with E-state index in [0.717, 1.165) is 12.8 Å². The Bertz CT molecular complexity index is 472. The normalized spacial score (nSPS) is 17.6. The molecule has 20 heavy (non-hydrogen) atoms. The Morgan fingerprint density at radius 3 is 2.70 bits per heavy atom. The fraction of sp³-hybridized carbons (Fsp3) is 0.500. The highest BCUT2D eigenvalue weighted by Gasteiger charge is 2.20. The lowest BCUT2D eigenvalue weighted by Gasteiger charge is -2.24. The molecule has 1 fully saturated rings. The number of nitrogens with two attached hydrogens (primary N) is 1. The third-order valence-electron chi connectivity index (χ3n) is 3.40. The van der Waals surface area contributed by atoms with Gasteiger partial charge in [-0.15, -0.1) is 0 Å². The topological polar surface area (TPSA) is 105 Å². The van der Waals surface area contributed by atoms with Gasteiger partial charge in [0, 0.05) is 19.3 Å². The van der Waals surface area contributed by atoms with Crippen LogP contribution in [0.2, 0.25) is 0 Å². The Labute approximate surface area is 117 Å². The average molecular weight is 280 g/mol. The summed E-state index contributed by atoms with van der Waals surface area (Å²) in [5.74, 6) is -0.599. The summed E-state index contributed by atoms with van der Waals surface area (Å²) < 4.78 is 5.23. The number of amides is 1. The van der Waals surface area contributed by atoms with Crippen LogP contribution in [0.15, 0.2) is 18.2 Å². The van der Waals surface area contributed by atoms with E-state index in [2.05, 4.69) is 5.32 Å². The molecule has 0 spiro atoms. The molecule has 1 heterocycles. The zero-order valence-electron chi connectivity index (χ0n) is 11.2. The zero-order valence-corrected chi connectivity index (χ0v) is 11.2. The number of ether oxygens (including phenoxy) is 1. The van der Waals surface area contributed by atoms with E-state index in [1.165, 1.54) is 12.1 Å². The summed E-state index contributed by atoms with van der Waals surface area (Å²) in [6.45, 7) is 1.32. The van der Waals surface area contributed by atoms with E-state index in [-0.39, 0.29) is 23.4 Å². The Kier molecular flexibility index (Phi) is 4.81. The van der Waals surface area contributed by atoms with Gasteiger partial charge in [-0.1, -0.05) is 6.07 Å². The fourth-order valence-corrected chi connectivity index (χ4v) is 2.19. The van der Waals surface area contributed by atoms with Crippen LogP contribution in [-0.4, -0.2) is 41.4 Å². The van der Waals surface area contributed by atoms with Crippen molar-refractivity contribution in [1.29, 1.82) is 0 Å². The maximum absolute atomic E-state index is 12.0. The van der Waals surface area contributed by atoms with Crippen LogP contribution in [0.4, 0.5) is 0 Å². The van der Waals surface area contributed by atoms with Crippen LogP contribution in [0.3, 0.4) is 0 Å². The number of rotatable bonds is 4. The van der Waals surface area contributed by atoms with Crippen molar-refractivity contribution in [3.63, 3.8) is 0 Å². The molecular weight excluding hydrogens is 260 g/mol. The van der Waals surface area contributed by atoms with Crippen LogP contribution >= 0.6 is 0 Å². The van der Waals surface area contributed by atoms with Gasteiger partial charge < -0.3 is 26.0 Å². The molecule has 0 unspecified atom stereocenters. The maximum atomic E-state index is 12.0. The largest absolute Gasteiger partial charge is 0.504 e. The van der Waals surface area contributed by atoms with Gasteiger partial charge in [0.2, 0.25) is 5.91 Å². The minimum absolute atomic E-state index is 0.121. The lowest BCUT2D eigenvalue weighted by Crippen LogP contribution is -2.48. The number of carbonyl (C=O) groups is 1. The summed E-state index contributed by atoms with van der Waals surface area (Å²) in [4.78, 5) is 12.0. The average Bonchev–Trinajstić information content (AvgIpc) is 2.44. The van der Waals surface area contributed by atoms with Crippen LogP contribution in [0.5, 0.6) is 11.5 Å². The summed E-state index contributed by atoms with van der Waals surface area (Å²) in [7, 11) is 0. The molecule has 1 amide bonds. The van der Waals surface area contributed by atoms with Crippen molar-refractivity contribution in [2.45, 2.75) is 31.3 Å². The van der Waals surface area contributed by atoms with Crippen molar-refractivity contribution in [3.8, 4) is 11.5 Å². The summed E-state index contributed by atoms with van der Waals surface area (Å²) in [6.07, 6.45) is 1.92. The summed E-state index contributed by atoms with van der Waals surface area (Å²) in [5, 5.41) is 21.5. The molecule has 1 aromatic carbocycles. The number of nitrogens with one attached hydrogen (secondary N) is 1. The van der Waals surface area contributed by atoms with Crippen molar-refractivity contribution in [3.05, 3.63) is 23.8 Å². The second kappa shape index (κ2) is 6.58. The molecule has 0 aromatic heterocycles. The number of aromatic hydroxyl groups is 2. The third-order valence-corrected chi connectivity index (χ3v) is 3.40. The van der Waals surface area contributed by atoms with E-state index in [0.29, 0.717) is 25.2 Å². The van der Waals surface area contributed by atoms with Crippen molar-refractivity contribution in [2.75, 3.05) is 13.2 Å². The highest BCUT2D eigenvalue weighted by atomic mass is 16.5. The van der Waals surface area contributed by atoms with Crippen molar-refractivity contribution in [2.24, 2.45) is 5.73 Å². The number of hydrogen-bond acceptors (Lipinski definition) is 5. The Hall–Kier alpha value is -1.79. The Morgan fingerprint density at radius 1 is 1.35 bits per heavy atom. The smallest absolute Gasteiger partial charge is 0.237 e. The fourth-order valence-electron chi connectivity index (χ4n) is 2.19. The minimum Gasteiger partial charge on any atom is -0.504 e. The molecule has 1 aliphatic heterocycles. The van der Waals surface area contributed by atoms with Crippen LogP contribution in [0, 0.1) is 0 Å². The molecule has 5 N–H and O–H groups in total. The summed E-state index contributed by atoms with van der Waals surface area (Å²) in [6, 6.07) is 3.87. The molecule has 0 bridgehead atoms. The van der Waals surface area contributed by atoms with Gasteiger partial charge in [-0.3, -0.25) is 4.79 Å². The number of phenols is 2. The first kappa shape index (κ1) is 14.6. The van der Waals surface area contributed by atoms with Crippen LogP contribution in [0.1, 0.15) is 18.4 Å². The van der Waals surface area contributed by atoms with Crippen molar-refractivity contribution < 1.29 is 19.7 Å². The molecular formula is C14H20N2O4. The van der Waals surface area contributed by atoms with Gasteiger partial charge in [0.25, 0.3) is 0 Å².